The van der Waals surface area contributed by atoms with E-state index in [0.717, 1.165) is 5.56 Å². The third-order valence-electron chi connectivity index (χ3n) is 2.38. The number of amides is 1. The van der Waals surface area contributed by atoms with E-state index in [4.69, 9.17) is 18.0 Å². The molecule has 0 atom stereocenters. The van der Waals surface area contributed by atoms with Gasteiger partial charge in [-0.1, -0.05) is 23.6 Å². The molecule has 0 bridgehead atoms. The van der Waals surface area contributed by atoms with Crippen LogP contribution in [-0.4, -0.2) is 23.9 Å². The van der Waals surface area contributed by atoms with Crippen molar-refractivity contribution in [3.63, 3.8) is 0 Å². The lowest BCUT2D eigenvalue weighted by Gasteiger charge is -2.19. The molecule has 0 fully saturated rings. The van der Waals surface area contributed by atoms with Crippen molar-refractivity contribution in [2.45, 2.75) is 13.8 Å². The quantitative estimate of drug-likeness (QED) is 0.738. The number of halogens is 1. The Morgan fingerprint density at radius 1 is 1.56 bits per heavy atom. The van der Waals surface area contributed by atoms with Crippen molar-refractivity contribution >= 4 is 17.5 Å². The van der Waals surface area contributed by atoms with Crippen molar-refractivity contribution in [2.75, 3.05) is 13.1 Å². The Bertz CT molecular complexity index is 434. The maximum absolute atomic E-state index is 12.1. The van der Waals surface area contributed by atoms with E-state index in [2.05, 4.69) is 5.92 Å². The summed E-state index contributed by atoms with van der Waals surface area (Å²) in [6.07, 6.45) is 5.22. The highest BCUT2D eigenvalue weighted by Gasteiger charge is 2.15. The fourth-order valence-corrected chi connectivity index (χ4v) is 1.60. The average Bonchev–Trinajstić information content (AvgIpc) is 2.28. The number of carbonyl (C=O) groups is 1. The summed E-state index contributed by atoms with van der Waals surface area (Å²) in [7, 11) is 0. The van der Waals surface area contributed by atoms with Crippen molar-refractivity contribution in [1.29, 1.82) is 0 Å². The van der Waals surface area contributed by atoms with Crippen molar-refractivity contribution in [3.8, 4) is 12.3 Å². The van der Waals surface area contributed by atoms with Crippen LogP contribution in [0.3, 0.4) is 0 Å². The molecule has 0 aliphatic carbocycles. The predicted octanol–water partition coefficient (Wildman–Crippen LogP) is 2.74. The first-order valence-electron chi connectivity index (χ1n) is 5.09. The van der Waals surface area contributed by atoms with E-state index in [1.807, 2.05) is 19.9 Å². The SMILES string of the molecule is C#CCN(CC)C(=O)c1cc(Cl)ccc1C. The van der Waals surface area contributed by atoms with Gasteiger partial charge in [0.25, 0.3) is 5.91 Å². The monoisotopic (exact) mass is 235 g/mol. The number of rotatable bonds is 3. The Labute approximate surface area is 101 Å². The molecule has 0 aromatic heterocycles. The summed E-state index contributed by atoms with van der Waals surface area (Å²) in [6, 6.07) is 5.28. The van der Waals surface area contributed by atoms with Crippen LogP contribution in [-0.2, 0) is 0 Å². The van der Waals surface area contributed by atoms with Crippen LogP contribution in [0.4, 0.5) is 0 Å². The normalized spacial score (nSPS) is 9.62. The third-order valence-corrected chi connectivity index (χ3v) is 2.62. The zero-order valence-electron chi connectivity index (χ0n) is 9.46. The van der Waals surface area contributed by atoms with Gasteiger partial charge in [-0.2, -0.15) is 0 Å². The van der Waals surface area contributed by atoms with Crippen molar-refractivity contribution in [2.24, 2.45) is 0 Å². The molecule has 0 saturated heterocycles. The van der Waals surface area contributed by atoms with Gasteiger partial charge in [0.2, 0.25) is 0 Å². The fraction of sp³-hybridized carbons (Fsp3) is 0.308. The van der Waals surface area contributed by atoms with Gasteiger partial charge >= 0.3 is 0 Å². The van der Waals surface area contributed by atoms with Crippen molar-refractivity contribution in [3.05, 3.63) is 34.3 Å². The van der Waals surface area contributed by atoms with Crippen LogP contribution in [0, 0.1) is 19.3 Å². The van der Waals surface area contributed by atoms with E-state index in [1.165, 1.54) is 0 Å². The zero-order valence-corrected chi connectivity index (χ0v) is 10.2. The predicted molar refractivity (Wildman–Crippen MR) is 66.6 cm³/mol. The Morgan fingerprint density at radius 3 is 2.81 bits per heavy atom. The van der Waals surface area contributed by atoms with E-state index in [-0.39, 0.29) is 5.91 Å². The zero-order chi connectivity index (χ0) is 12.1. The van der Waals surface area contributed by atoms with Gasteiger partial charge < -0.3 is 4.90 Å². The van der Waals surface area contributed by atoms with Crippen molar-refractivity contribution in [1.82, 2.24) is 4.90 Å². The summed E-state index contributed by atoms with van der Waals surface area (Å²) in [6.45, 7) is 4.69. The van der Waals surface area contributed by atoms with Crippen LogP contribution in [0.1, 0.15) is 22.8 Å². The largest absolute Gasteiger partial charge is 0.328 e. The molecule has 0 radical (unpaired) electrons. The van der Waals surface area contributed by atoms with Crippen LogP contribution in [0.2, 0.25) is 5.02 Å². The lowest BCUT2D eigenvalue weighted by atomic mass is 10.1. The number of aryl methyl sites for hydroxylation is 1. The molecule has 16 heavy (non-hydrogen) atoms. The lowest BCUT2D eigenvalue weighted by Crippen LogP contribution is -2.31. The maximum Gasteiger partial charge on any atom is 0.254 e. The van der Waals surface area contributed by atoms with E-state index < -0.39 is 0 Å². The van der Waals surface area contributed by atoms with Gasteiger partial charge in [-0.25, -0.2) is 0 Å². The average molecular weight is 236 g/mol. The summed E-state index contributed by atoms with van der Waals surface area (Å²) in [5, 5.41) is 0.561. The van der Waals surface area contributed by atoms with Gasteiger partial charge in [0.15, 0.2) is 0 Å². The number of carbonyl (C=O) groups excluding carboxylic acids is 1. The molecule has 0 unspecified atom stereocenters. The Hall–Kier alpha value is -1.46. The molecule has 2 nitrogen and oxygen atoms in total. The smallest absolute Gasteiger partial charge is 0.254 e. The molecule has 1 rings (SSSR count). The van der Waals surface area contributed by atoms with Crippen LogP contribution in [0.5, 0.6) is 0 Å². The topological polar surface area (TPSA) is 20.3 Å². The van der Waals surface area contributed by atoms with Crippen LogP contribution < -0.4 is 0 Å². The number of nitrogens with zero attached hydrogens (tertiary/aromatic N) is 1. The van der Waals surface area contributed by atoms with E-state index in [0.29, 0.717) is 23.7 Å². The van der Waals surface area contributed by atoms with Gasteiger partial charge in [-0.3, -0.25) is 4.79 Å². The number of hydrogen-bond donors (Lipinski definition) is 0. The molecule has 0 spiro atoms. The highest BCUT2D eigenvalue weighted by atomic mass is 35.5. The standard InChI is InChI=1S/C13H14ClNO/c1-4-8-15(5-2)13(16)12-9-11(14)7-6-10(12)3/h1,6-7,9H,5,8H2,2-3H3. The molecular weight excluding hydrogens is 222 g/mol. The first kappa shape index (κ1) is 12.6. The molecule has 1 aromatic carbocycles. The molecule has 0 saturated carbocycles. The molecule has 0 N–H and O–H groups in total. The minimum absolute atomic E-state index is 0.0690. The van der Waals surface area contributed by atoms with Crippen LogP contribution in [0.15, 0.2) is 18.2 Å². The second-order valence-corrected chi connectivity index (χ2v) is 3.92. The summed E-state index contributed by atoms with van der Waals surface area (Å²) < 4.78 is 0. The summed E-state index contributed by atoms with van der Waals surface area (Å²) in [5.74, 6) is 2.41. The van der Waals surface area contributed by atoms with Crippen LogP contribution in [0.25, 0.3) is 0 Å². The first-order chi connectivity index (χ1) is 7.60. The first-order valence-corrected chi connectivity index (χ1v) is 5.46. The van der Waals surface area contributed by atoms with Gasteiger partial charge in [0.1, 0.15) is 0 Å². The number of hydrogen-bond acceptors (Lipinski definition) is 1. The van der Waals surface area contributed by atoms with Gasteiger partial charge in [-0.15, -0.1) is 6.42 Å². The minimum Gasteiger partial charge on any atom is -0.328 e. The Morgan fingerprint density at radius 2 is 2.25 bits per heavy atom. The van der Waals surface area contributed by atoms with E-state index in [1.54, 1.807) is 17.0 Å². The molecule has 1 amide bonds. The van der Waals surface area contributed by atoms with Gasteiger partial charge in [0.05, 0.1) is 6.54 Å². The number of benzene rings is 1. The van der Waals surface area contributed by atoms with Crippen LogP contribution >= 0.6 is 11.6 Å². The molecule has 84 valence electrons. The minimum atomic E-state index is -0.0690. The van der Waals surface area contributed by atoms with E-state index >= 15 is 0 Å². The molecule has 0 heterocycles. The molecule has 1 aromatic rings. The number of terminal acetylenes is 1. The highest BCUT2D eigenvalue weighted by Crippen LogP contribution is 2.17. The highest BCUT2D eigenvalue weighted by molar-refractivity contribution is 6.31. The van der Waals surface area contributed by atoms with Gasteiger partial charge in [0, 0.05) is 17.1 Å². The summed E-state index contributed by atoms with van der Waals surface area (Å²) in [4.78, 5) is 13.7. The maximum atomic E-state index is 12.1. The molecule has 0 aliphatic rings. The van der Waals surface area contributed by atoms with Gasteiger partial charge in [-0.05, 0) is 31.5 Å². The lowest BCUT2D eigenvalue weighted by molar-refractivity contribution is 0.0784. The summed E-state index contributed by atoms with van der Waals surface area (Å²) in [5.41, 5.74) is 1.52. The summed E-state index contributed by atoms with van der Waals surface area (Å²) >= 11 is 5.87. The second kappa shape index (κ2) is 5.58. The molecule has 0 aliphatic heterocycles. The fourth-order valence-electron chi connectivity index (χ4n) is 1.43. The molecule has 3 heteroatoms. The third kappa shape index (κ3) is 2.77. The Balaban J connectivity index is 3.03. The van der Waals surface area contributed by atoms with Crippen molar-refractivity contribution < 1.29 is 4.79 Å². The second-order valence-electron chi connectivity index (χ2n) is 3.48. The van der Waals surface area contributed by atoms with E-state index in [9.17, 15) is 4.79 Å². The Kier molecular flexibility index (Phi) is 4.39. The molecular formula is C13H14ClNO.